The summed E-state index contributed by atoms with van der Waals surface area (Å²) in [6.07, 6.45) is 0.232. The maximum atomic E-state index is 11.9. The van der Waals surface area contributed by atoms with Crippen molar-refractivity contribution in [2.75, 3.05) is 7.11 Å². The second-order valence-corrected chi connectivity index (χ2v) is 7.43. The number of carbonyl (C=O) groups is 1. The van der Waals surface area contributed by atoms with Gasteiger partial charge in [-0.2, -0.15) is 0 Å². The van der Waals surface area contributed by atoms with E-state index in [4.69, 9.17) is 14.0 Å². The van der Waals surface area contributed by atoms with Crippen LogP contribution >= 0.6 is 0 Å². The Hall–Kier alpha value is -1.33. The number of ether oxygens (including phenoxy) is 1. The average molecular weight is 318 g/mol. The lowest BCUT2D eigenvalue weighted by Gasteiger charge is -2.32. The molecular weight excluding hydrogens is 291 g/mol. The van der Waals surface area contributed by atoms with Crippen LogP contribution in [0.1, 0.15) is 56.6 Å². The van der Waals surface area contributed by atoms with Crippen molar-refractivity contribution in [2.24, 2.45) is 0 Å². The molecule has 1 unspecified atom stereocenters. The van der Waals surface area contributed by atoms with E-state index in [9.17, 15) is 4.79 Å². The Bertz CT molecular complexity index is 558. The second-order valence-electron chi connectivity index (χ2n) is 7.43. The van der Waals surface area contributed by atoms with Gasteiger partial charge in [0.15, 0.2) is 0 Å². The maximum absolute atomic E-state index is 11.9. The van der Waals surface area contributed by atoms with Crippen LogP contribution in [0.4, 0.5) is 0 Å². The number of esters is 1. The van der Waals surface area contributed by atoms with Gasteiger partial charge in [0.2, 0.25) is 0 Å². The van der Waals surface area contributed by atoms with Crippen LogP contribution in [0.3, 0.4) is 0 Å². The zero-order valence-corrected chi connectivity index (χ0v) is 15.2. The third-order valence-corrected chi connectivity index (χ3v) is 4.89. The zero-order valence-electron chi connectivity index (χ0n) is 15.2. The minimum atomic E-state index is -0.472. The van der Waals surface area contributed by atoms with Crippen molar-refractivity contribution in [3.05, 3.63) is 34.9 Å². The number of aryl methyl sites for hydroxylation is 2. The average Bonchev–Trinajstić information content (AvgIpc) is 2.63. The van der Waals surface area contributed by atoms with Crippen LogP contribution in [-0.4, -0.2) is 31.4 Å². The van der Waals surface area contributed by atoms with Gasteiger partial charge in [-0.3, -0.25) is 4.79 Å². The van der Waals surface area contributed by atoms with Crippen LogP contribution < -0.4 is 0 Å². The van der Waals surface area contributed by atoms with Crippen LogP contribution in [-0.2, 0) is 18.8 Å². The molecule has 0 aliphatic carbocycles. The summed E-state index contributed by atoms with van der Waals surface area (Å²) in [5.74, 6) is -0.453. The maximum Gasteiger partial charge on any atom is 0.466 e. The summed E-state index contributed by atoms with van der Waals surface area (Å²) < 4.78 is 17.2. The zero-order chi connectivity index (χ0) is 17.4. The summed E-state index contributed by atoms with van der Waals surface area (Å²) in [4.78, 5) is 11.9. The molecule has 1 atom stereocenters. The van der Waals surface area contributed by atoms with E-state index < -0.39 is 18.3 Å². The Kier molecular flexibility index (Phi) is 4.93. The molecule has 1 fully saturated rings. The van der Waals surface area contributed by atoms with Gasteiger partial charge in [0.25, 0.3) is 0 Å². The van der Waals surface area contributed by atoms with E-state index in [2.05, 4.69) is 32.0 Å². The predicted octanol–water partition coefficient (Wildman–Crippen LogP) is 3.58. The minimum absolute atomic E-state index is 0.192. The van der Waals surface area contributed by atoms with E-state index in [1.165, 1.54) is 7.11 Å². The van der Waals surface area contributed by atoms with Gasteiger partial charge in [-0.25, -0.2) is 0 Å². The Labute approximate surface area is 139 Å². The standard InChI is InChI=1S/C18H27BO4/c1-12-8-13(2)10-14(9-12)15(11-16(20)21-7)19-22-17(3,4)18(5,6)23-19/h8-10,15H,11H2,1-7H3. The molecule has 23 heavy (non-hydrogen) atoms. The van der Waals surface area contributed by atoms with Crippen molar-refractivity contribution < 1.29 is 18.8 Å². The monoisotopic (exact) mass is 318 g/mol. The first-order valence-corrected chi connectivity index (χ1v) is 8.06. The number of hydrogen-bond acceptors (Lipinski definition) is 4. The molecule has 2 rings (SSSR count). The number of methoxy groups -OCH3 is 1. The predicted molar refractivity (Wildman–Crippen MR) is 91.4 cm³/mol. The summed E-state index contributed by atoms with van der Waals surface area (Å²) in [5.41, 5.74) is 2.51. The Morgan fingerprint density at radius 1 is 1.09 bits per heavy atom. The quantitative estimate of drug-likeness (QED) is 0.629. The molecule has 5 heteroatoms. The highest BCUT2D eigenvalue weighted by molar-refractivity contribution is 6.48. The van der Waals surface area contributed by atoms with E-state index in [1.54, 1.807) is 0 Å². The molecule has 1 aromatic rings. The molecule has 1 aromatic carbocycles. The fourth-order valence-electron chi connectivity index (χ4n) is 2.91. The van der Waals surface area contributed by atoms with Gasteiger partial charge in [0, 0.05) is 5.82 Å². The molecule has 0 N–H and O–H groups in total. The fraction of sp³-hybridized carbons (Fsp3) is 0.611. The van der Waals surface area contributed by atoms with Gasteiger partial charge in [-0.05, 0) is 47.1 Å². The van der Waals surface area contributed by atoms with Crippen LogP contribution in [0.25, 0.3) is 0 Å². The lowest BCUT2D eigenvalue weighted by molar-refractivity contribution is -0.140. The molecule has 1 aliphatic heterocycles. The van der Waals surface area contributed by atoms with E-state index in [1.807, 2.05) is 27.7 Å². The lowest BCUT2D eigenvalue weighted by Crippen LogP contribution is -2.41. The smallest absolute Gasteiger partial charge is 0.466 e. The van der Waals surface area contributed by atoms with Gasteiger partial charge in [0.1, 0.15) is 0 Å². The van der Waals surface area contributed by atoms with E-state index in [0.717, 1.165) is 16.7 Å². The van der Waals surface area contributed by atoms with Crippen molar-refractivity contribution in [2.45, 2.75) is 65.0 Å². The molecule has 126 valence electrons. The molecule has 0 amide bonds. The molecular formula is C18H27BO4. The molecule has 1 aliphatic rings. The molecule has 1 heterocycles. The minimum Gasteiger partial charge on any atom is -0.469 e. The first kappa shape index (κ1) is 18.0. The normalized spacial score (nSPS) is 20.4. The van der Waals surface area contributed by atoms with Crippen LogP contribution in [0.2, 0.25) is 0 Å². The molecule has 1 saturated heterocycles. The summed E-state index contributed by atoms with van der Waals surface area (Å²) in [5, 5.41) is 0. The summed E-state index contributed by atoms with van der Waals surface area (Å²) >= 11 is 0. The fourth-order valence-corrected chi connectivity index (χ4v) is 2.91. The third-order valence-electron chi connectivity index (χ3n) is 4.89. The van der Waals surface area contributed by atoms with E-state index in [-0.39, 0.29) is 18.2 Å². The number of hydrogen-bond donors (Lipinski definition) is 0. The van der Waals surface area contributed by atoms with Crippen molar-refractivity contribution in [3.63, 3.8) is 0 Å². The Balaban J connectivity index is 2.37. The summed E-state index contributed by atoms with van der Waals surface area (Å²) in [7, 11) is 0.936. The van der Waals surface area contributed by atoms with Gasteiger partial charge in [-0.15, -0.1) is 0 Å². The van der Waals surface area contributed by atoms with Gasteiger partial charge >= 0.3 is 13.1 Å². The first-order valence-electron chi connectivity index (χ1n) is 8.06. The van der Waals surface area contributed by atoms with Gasteiger partial charge < -0.3 is 14.0 Å². The van der Waals surface area contributed by atoms with E-state index >= 15 is 0 Å². The summed E-state index contributed by atoms with van der Waals surface area (Å²) in [6.45, 7) is 12.2. The third kappa shape index (κ3) is 3.78. The van der Waals surface area contributed by atoms with E-state index in [0.29, 0.717) is 0 Å². The SMILES string of the molecule is COC(=O)CC(B1OC(C)(C)C(C)(C)O1)c1cc(C)cc(C)c1. The topological polar surface area (TPSA) is 44.8 Å². The highest BCUT2D eigenvalue weighted by Gasteiger charge is 2.54. The van der Waals surface area contributed by atoms with Gasteiger partial charge in [-0.1, -0.05) is 29.3 Å². The molecule has 0 saturated carbocycles. The molecule has 0 aromatic heterocycles. The number of rotatable bonds is 4. The largest absolute Gasteiger partial charge is 0.469 e. The Morgan fingerprint density at radius 2 is 1.57 bits per heavy atom. The van der Waals surface area contributed by atoms with Crippen LogP contribution in [0, 0.1) is 13.8 Å². The van der Waals surface area contributed by atoms with Crippen molar-refractivity contribution >= 4 is 13.1 Å². The highest BCUT2D eigenvalue weighted by Crippen LogP contribution is 2.42. The van der Waals surface area contributed by atoms with Crippen LogP contribution in [0.15, 0.2) is 18.2 Å². The molecule has 4 nitrogen and oxygen atoms in total. The van der Waals surface area contributed by atoms with Crippen molar-refractivity contribution in [3.8, 4) is 0 Å². The molecule has 0 radical (unpaired) electrons. The summed E-state index contributed by atoms with van der Waals surface area (Å²) in [6, 6.07) is 6.29. The van der Waals surface area contributed by atoms with Crippen LogP contribution in [0.5, 0.6) is 0 Å². The number of carbonyl (C=O) groups excluding carboxylic acids is 1. The second kappa shape index (κ2) is 6.29. The van der Waals surface area contributed by atoms with Crippen molar-refractivity contribution in [1.82, 2.24) is 0 Å². The lowest BCUT2D eigenvalue weighted by atomic mass is 9.66. The number of benzene rings is 1. The highest BCUT2D eigenvalue weighted by atomic mass is 16.7. The molecule has 0 bridgehead atoms. The first-order chi connectivity index (χ1) is 10.6. The molecule has 0 spiro atoms. The van der Waals surface area contributed by atoms with Gasteiger partial charge in [0.05, 0.1) is 24.7 Å². The van der Waals surface area contributed by atoms with Crippen molar-refractivity contribution in [1.29, 1.82) is 0 Å². The Morgan fingerprint density at radius 3 is 2.00 bits per heavy atom.